The first-order chi connectivity index (χ1) is 37.0. The lowest BCUT2D eigenvalue weighted by Crippen LogP contribution is -2.30. The molecule has 0 aliphatic heterocycles. The number of ether oxygens (including phenoxy) is 3. The van der Waals surface area contributed by atoms with Crippen LogP contribution < -0.4 is 0 Å². The van der Waals surface area contributed by atoms with Crippen molar-refractivity contribution in [3.05, 3.63) is 60.8 Å². The lowest BCUT2D eigenvalue weighted by atomic mass is 10.0. The highest BCUT2D eigenvalue weighted by atomic mass is 16.6. The van der Waals surface area contributed by atoms with Crippen LogP contribution in [0, 0.1) is 0 Å². The van der Waals surface area contributed by atoms with Crippen LogP contribution in [0.4, 0.5) is 0 Å². The zero-order valence-electron chi connectivity index (χ0n) is 50.1. The Kier molecular flexibility index (Phi) is 61.2. The first-order valence-electron chi connectivity index (χ1n) is 32.8. The first-order valence-corrected chi connectivity index (χ1v) is 32.8. The van der Waals surface area contributed by atoms with Gasteiger partial charge in [0.05, 0.1) is 0 Å². The van der Waals surface area contributed by atoms with Crippen LogP contribution in [0.2, 0.25) is 0 Å². The molecule has 0 aliphatic carbocycles. The maximum Gasteiger partial charge on any atom is 0.306 e. The largest absolute Gasteiger partial charge is 0.462 e. The van der Waals surface area contributed by atoms with Crippen LogP contribution in [-0.4, -0.2) is 37.2 Å². The highest BCUT2D eigenvalue weighted by Gasteiger charge is 2.19. The summed E-state index contributed by atoms with van der Waals surface area (Å²) in [5.74, 6) is -0.876. The van der Waals surface area contributed by atoms with Crippen LogP contribution in [0.15, 0.2) is 60.8 Å². The molecule has 0 rings (SSSR count). The van der Waals surface area contributed by atoms with E-state index < -0.39 is 6.10 Å². The van der Waals surface area contributed by atoms with Gasteiger partial charge in [-0.25, -0.2) is 0 Å². The summed E-state index contributed by atoms with van der Waals surface area (Å²) < 4.78 is 16.9. The fourth-order valence-corrected chi connectivity index (χ4v) is 9.54. The van der Waals surface area contributed by atoms with E-state index >= 15 is 0 Å². The van der Waals surface area contributed by atoms with E-state index in [2.05, 4.69) is 81.5 Å². The van der Waals surface area contributed by atoms with Crippen molar-refractivity contribution in [1.29, 1.82) is 0 Å². The summed E-state index contributed by atoms with van der Waals surface area (Å²) in [5, 5.41) is 0. The number of rotatable bonds is 60. The molecule has 0 aliphatic rings. The first kappa shape index (κ1) is 72.1. The van der Waals surface area contributed by atoms with Gasteiger partial charge < -0.3 is 14.2 Å². The van der Waals surface area contributed by atoms with E-state index in [0.717, 1.165) is 89.9 Å². The number of hydrogen-bond acceptors (Lipinski definition) is 6. The number of hydrogen-bond donors (Lipinski definition) is 0. The van der Waals surface area contributed by atoms with Crippen LogP contribution in [-0.2, 0) is 28.6 Å². The molecular formula is C69H124O6. The minimum absolute atomic E-state index is 0.0777. The second-order valence-electron chi connectivity index (χ2n) is 22.0. The van der Waals surface area contributed by atoms with Gasteiger partial charge in [-0.1, -0.05) is 293 Å². The van der Waals surface area contributed by atoms with Crippen molar-refractivity contribution < 1.29 is 28.6 Å². The number of unbranched alkanes of at least 4 members (excludes halogenated alkanes) is 39. The number of esters is 3. The number of carbonyl (C=O) groups excluding carboxylic acids is 3. The van der Waals surface area contributed by atoms with Crippen molar-refractivity contribution >= 4 is 17.9 Å². The zero-order chi connectivity index (χ0) is 54.3. The highest BCUT2D eigenvalue weighted by molar-refractivity contribution is 5.71. The second kappa shape index (κ2) is 63.6. The van der Waals surface area contributed by atoms with Gasteiger partial charge in [-0.15, -0.1) is 0 Å². The van der Waals surface area contributed by atoms with E-state index in [1.54, 1.807) is 0 Å². The van der Waals surface area contributed by atoms with Crippen LogP contribution >= 0.6 is 0 Å². The SMILES string of the molecule is CCCCC/C=C\C/C=C\CCCCCCCC(=O)OCC(COC(=O)CCCCCCCCCCCC/C=C\C/C=C\C/C=C\CCCCCCC)OC(=O)CCCCCCCCCCCCCCCCCCC. The predicted molar refractivity (Wildman–Crippen MR) is 325 cm³/mol. The maximum absolute atomic E-state index is 12.9. The Labute approximate surface area is 466 Å². The average molecular weight is 1050 g/mol. The molecule has 1 atom stereocenters. The van der Waals surface area contributed by atoms with Gasteiger partial charge in [-0.3, -0.25) is 14.4 Å². The minimum atomic E-state index is -0.781. The molecule has 0 spiro atoms. The molecule has 1 unspecified atom stereocenters. The topological polar surface area (TPSA) is 78.9 Å². The summed E-state index contributed by atoms with van der Waals surface area (Å²) in [6, 6.07) is 0. The van der Waals surface area contributed by atoms with Crippen molar-refractivity contribution in [2.75, 3.05) is 13.2 Å². The summed E-state index contributed by atoms with van der Waals surface area (Å²) in [6.07, 6.45) is 80.8. The van der Waals surface area contributed by atoms with Crippen molar-refractivity contribution in [2.45, 2.75) is 348 Å². The molecule has 0 aromatic rings. The molecule has 0 aromatic heterocycles. The van der Waals surface area contributed by atoms with Crippen LogP contribution in [0.1, 0.15) is 342 Å². The third-order valence-electron chi connectivity index (χ3n) is 14.5. The molecule has 0 heterocycles. The maximum atomic E-state index is 12.9. The van der Waals surface area contributed by atoms with E-state index in [1.807, 2.05) is 0 Å². The molecule has 0 bridgehead atoms. The quantitative estimate of drug-likeness (QED) is 0.0261. The van der Waals surface area contributed by atoms with Gasteiger partial charge in [0.15, 0.2) is 6.10 Å². The summed E-state index contributed by atoms with van der Waals surface area (Å²) >= 11 is 0. The van der Waals surface area contributed by atoms with Gasteiger partial charge in [0.1, 0.15) is 13.2 Å². The normalized spacial score (nSPS) is 12.4. The van der Waals surface area contributed by atoms with Crippen molar-refractivity contribution in [1.82, 2.24) is 0 Å². The van der Waals surface area contributed by atoms with Crippen LogP contribution in [0.5, 0.6) is 0 Å². The van der Waals surface area contributed by atoms with E-state index in [0.29, 0.717) is 19.3 Å². The van der Waals surface area contributed by atoms with Gasteiger partial charge in [-0.05, 0) is 89.9 Å². The lowest BCUT2D eigenvalue weighted by Gasteiger charge is -2.18. The molecule has 436 valence electrons. The molecule has 0 fully saturated rings. The molecular weight excluding hydrogens is 925 g/mol. The molecule has 0 amide bonds. The molecule has 0 aromatic carbocycles. The molecule has 0 N–H and O–H groups in total. The summed E-state index contributed by atoms with van der Waals surface area (Å²) in [7, 11) is 0. The fraction of sp³-hybridized carbons (Fsp3) is 0.812. The Morgan fingerprint density at radius 2 is 0.480 bits per heavy atom. The van der Waals surface area contributed by atoms with E-state index in [1.165, 1.54) is 212 Å². The van der Waals surface area contributed by atoms with Gasteiger partial charge in [0, 0.05) is 19.3 Å². The van der Waals surface area contributed by atoms with Gasteiger partial charge in [-0.2, -0.15) is 0 Å². The summed E-state index contributed by atoms with van der Waals surface area (Å²) in [5.41, 5.74) is 0. The monoisotopic (exact) mass is 1050 g/mol. The smallest absolute Gasteiger partial charge is 0.306 e. The highest BCUT2D eigenvalue weighted by Crippen LogP contribution is 2.17. The average Bonchev–Trinajstić information content (AvgIpc) is 3.41. The molecule has 6 nitrogen and oxygen atoms in total. The summed E-state index contributed by atoms with van der Waals surface area (Å²) in [4.78, 5) is 38.3. The van der Waals surface area contributed by atoms with Crippen molar-refractivity contribution in [2.24, 2.45) is 0 Å². The lowest BCUT2D eigenvalue weighted by molar-refractivity contribution is -0.167. The Morgan fingerprint density at radius 3 is 0.773 bits per heavy atom. The van der Waals surface area contributed by atoms with Gasteiger partial charge >= 0.3 is 17.9 Å². The van der Waals surface area contributed by atoms with Crippen LogP contribution in [0.3, 0.4) is 0 Å². The Hall–Kier alpha value is -2.89. The third-order valence-corrected chi connectivity index (χ3v) is 14.5. The predicted octanol–water partition coefficient (Wildman–Crippen LogP) is 22.3. The van der Waals surface area contributed by atoms with E-state index in [-0.39, 0.29) is 31.1 Å². The van der Waals surface area contributed by atoms with Crippen LogP contribution in [0.25, 0.3) is 0 Å². The molecule has 0 radical (unpaired) electrons. The molecule has 0 saturated carbocycles. The summed E-state index contributed by atoms with van der Waals surface area (Å²) in [6.45, 7) is 6.64. The fourth-order valence-electron chi connectivity index (χ4n) is 9.54. The number of allylic oxidation sites excluding steroid dienone is 10. The molecule has 75 heavy (non-hydrogen) atoms. The number of carbonyl (C=O) groups is 3. The molecule has 6 heteroatoms. The molecule has 0 saturated heterocycles. The standard InChI is InChI=1S/C69H124O6/c1-4-7-10-13-16-19-22-25-28-30-31-32-33-34-35-36-37-39-41-44-47-50-53-56-59-62-68(71)74-65-66(64-73-67(70)61-58-55-52-49-46-43-40-27-24-21-18-15-12-9-6-3)75-69(72)63-60-57-54-51-48-45-42-38-29-26-23-20-17-14-11-8-5-2/h18,21-22,25,27,30-31,33-34,40,66H,4-17,19-20,23-24,26,28-29,32,35-39,41-65H2,1-3H3/b21-18-,25-22-,31-30-,34-33-,40-27-. The van der Waals surface area contributed by atoms with Crippen molar-refractivity contribution in [3.63, 3.8) is 0 Å². The Balaban J connectivity index is 4.32. The van der Waals surface area contributed by atoms with Gasteiger partial charge in [0.2, 0.25) is 0 Å². The van der Waals surface area contributed by atoms with Gasteiger partial charge in [0.25, 0.3) is 0 Å². The Morgan fingerprint density at radius 1 is 0.267 bits per heavy atom. The Bertz CT molecular complexity index is 1340. The minimum Gasteiger partial charge on any atom is -0.462 e. The third kappa shape index (κ3) is 61.8. The van der Waals surface area contributed by atoms with E-state index in [9.17, 15) is 14.4 Å². The van der Waals surface area contributed by atoms with Crippen molar-refractivity contribution in [3.8, 4) is 0 Å². The van der Waals surface area contributed by atoms with E-state index in [4.69, 9.17) is 14.2 Å². The second-order valence-corrected chi connectivity index (χ2v) is 22.0. The zero-order valence-corrected chi connectivity index (χ0v) is 50.1.